The molecule has 0 nitrogen and oxygen atoms in total. The Bertz CT molecular complexity index is 139. The number of halogens is 4. The number of rotatable bonds is 0. The van der Waals surface area contributed by atoms with Crippen molar-refractivity contribution in [1.29, 1.82) is 0 Å². The van der Waals surface area contributed by atoms with Gasteiger partial charge in [0.25, 0.3) is 0 Å². The zero-order valence-corrected chi connectivity index (χ0v) is 8.33. The largest absolute Gasteiger partial charge is 0.0623 e. The van der Waals surface area contributed by atoms with Gasteiger partial charge in [0, 0.05) is 0 Å². The van der Waals surface area contributed by atoms with Gasteiger partial charge < -0.3 is 0 Å². The molecule has 0 fully saturated rings. The molecule has 5 heteroatoms. The standard InChI is InChI=1S/C6H6.4FH.Sn/c1-2-4-6-5-3-1;;;;;/h1-6H;4*1H;/q;;;;;+4/p-4. The summed E-state index contributed by atoms with van der Waals surface area (Å²) >= 11 is -7.18. The molecule has 0 saturated heterocycles. The van der Waals surface area contributed by atoms with Crippen LogP contribution in [0.1, 0.15) is 0 Å². The van der Waals surface area contributed by atoms with E-state index in [1.165, 1.54) is 0 Å². The second-order valence-electron chi connectivity index (χ2n) is 1.58. The molecule has 0 radical (unpaired) electrons. The average molecular weight is 273 g/mol. The van der Waals surface area contributed by atoms with Crippen molar-refractivity contribution >= 4 is 20.7 Å². The van der Waals surface area contributed by atoms with E-state index in [9.17, 15) is 11.5 Å². The van der Waals surface area contributed by atoms with E-state index in [1.807, 2.05) is 36.4 Å². The monoisotopic (exact) mass is 274 g/mol. The van der Waals surface area contributed by atoms with E-state index in [4.69, 9.17) is 0 Å². The first-order valence-electron chi connectivity index (χ1n) is 2.76. The van der Waals surface area contributed by atoms with E-state index in [-0.39, 0.29) is 0 Å². The SMILES string of the molecule is [F][Sn]([F])([F])[F].c1ccccc1. The van der Waals surface area contributed by atoms with E-state index in [0.717, 1.165) is 0 Å². The predicted molar refractivity (Wildman–Crippen MR) is 36.6 cm³/mol. The summed E-state index contributed by atoms with van der Waals surface area (Å²) < 4.78 is 39.6. The molecule has 0 aromatic heterocycles. The van der Waals surface area contributed by atoms with Crippen LogP contribution in [0.4, 0.5) is 11.5 Å². The molecule has 62 valence electrons. The van der Waals surface area contributed by atoms with E-state index >= 15 is 0 Å². The van der Waals surface area contributed by atoms with Gasteiger partial charge in [0.2, 0.25) is 0 Å². The van der Waals surface area contributed by atoms with Gasteiger partial charge in [-0.25, -0.2) is 0 Å². The van der Waals surface area contributed by atoms with Gasteiger partial charge >= 0.3 is 32.1 Å². The Morgan fingerprint density at radius 1 is 0.545 bits per heavy atom. The maximum atomic E-state index is 9.90. The fraction of sp³-hybridized carbons (Fsp3) is 0. The Morgan fingerprint density at radius 2 is 0.636 bits per heavy atom. The van der Waals surface area contributed by atoms with Crippen LogP contribution < -0.4 is 0 Å². The third-order valence-electron chi connectivity index (χ3n) is 0.667. The van der Waals surface area contributed by atoms with Crippen molar-refractivity contribution in [3.63, 3.8) is 0 Å². The first-order valence-corrected chi connectivity index (χ1v) is 7.07. The molecule has 0 aliphatic carbocycles. The fourth-order valence-corrected chi connectivity index (χ4v) is 0.385. The van der Waals surface area contributed by atoms with Crippen molar-refractivity contribution in [3.8, 4) is 0 Å². The quantitative estimate of drug-likeness (QED) is 0.503. The van der Waals surface area contributed by atoms with Crippen molar-refractivity contribution in [2.75, 3.05) is 0 Å². The van der Waals surface area contributed by atoms with Crippen molar-refractivity contribution in [1.82, 2.24) is 0 Å². The zero-order valence-electron chi connectivity index (χ0n) is 5.48. The van der Waals surface area contributed by atoms with Crippen LogP contribution in [0.5, 0.6) is 0 Å². The second-order valence-corrected chi connectivity index (χ2v) is 4.03. The van der Waals surface area contributed by atoms with Crippen LogP contribution in [0.25, 0.3) is 0 Å². The van der Waals surface area contributed by atoms with Crippen molar-refractivity contribution in [2.45, 2.75) is 0 Å². The summed E-state index contributed by atoms with van der Waals surface area (Å²) in [5, 5.41) is 0. The zero-order chi connectivity index (χ0) is 8.74. The van der Waals surface area contributed by atoms with E-state index < -0.39 is 20.7 Å². The summed E-state index contributed by atoms with van der Waals surface area (Å²) in [6, 6.07) is 12.0. The molecule has 0 aliphatic heterocycles. The summed E-state index contributed by atoms with van der Waals surface area (Å²) in [6.07, 6.45) is 0. The van der Waals surface area contributed by atoms with Crippen LogP contribution in [0.2, 0.25) is 0 Å². The molecule has 1 aromatic carbocycles. The maximum absolute atomic E-state index is 9.90. The van der Waals surface area contributed by atoms with Crippen LogP contribution in [0.3, 0.4) is 0 Å². The first-order chi connectivity index (χ1) is 5.00. The second kappa shape index (κ2) is 5.40. The topological polar surface area (TPSA) is 0 Å². The minimum atomic E-state index is -7.18. The minimum Gasteiger partial charge on any atom is -0.0623 e. The summed E-state index contributed by atoms with van der Waals surface area (Å²) in [5.74, 6) is 0. The predicted octanol–water partition coefficient (Wildman–Crippen LogP) is 2.99. The molecule has 0 atom stereocenters. The van der Waals surface area contributed by atoms with Crippen molar-refractivity contribution < 1.29 is 11.5 Å². The van der Waals surface area contributed by atoms with Crippen molar-refractivity contribution in [2.24, 2.45) is 0 Å². The Labute approximate surface area is 68.8 Å². The van der Waals surface area contributed by atoms with E-state index in [2.05, 4.69) is 0 Å². The summed E-state index contributed by atoms with van der Waals surface area (Å²) in [7, 11) is 0. The molecule has 0 N–H and O–H groups in total. The normalized spacial score (nSPS) is 9.82. The molecule has 0 spiro atoms. The molecule has 0 heterocycles. The molecule has 0 saturated carbocycles. The van der Waals surface area contributed by atoms with E-state index in [1.54, 1.807) is 0 Å². The molecule has 0 bridgehead atoms. The Morgan fingerprint density at radius 3 is 0.727 bits per heavy atom. The van der Waals surface area contributed by atoms with Gasteiger partial charge in [-0.05, 0) is 0 Å². The van der Waals surface area contributed by atoms with Crippen LogP contribution in [-0.4, -0.2) is 20.7 Å². The van der Waals surface area contributed by atoms with Gasteiger partial charge in [-0.2, -0.15) is 0 Å². The number of hydrogen-bond donors (Lipinski definition) is 0. The minimum absolute atomic E-state index is 2.00. The third-order valence-corrected chi connectivity index (χ3v) is 0.667. The molecule has 11 heavy (non-hydrogen) atoms. The van der Waals surface area contributed by atoms with Gasteiger partial charge in [-0.3, -0.25) is 0 Å². The summed E-state index contributed by atoms with van der Waals surface area (Å²) in [5.41, 5.74) is 0. The molecule has 1 aromatic rings. The van der Waals surface area contributed by atoms with Gasteiger partial charge in [0.1, 0.15) is 0 Å². The van der Waals surface area contributed by atoms with Gasteiger partial charge in [0.05, 0.1) is 0 Å². The molecule has 0 unspecified atom stereocenters. The Balaban J connectivity index is 0.000000187. The van der Waals surface area contributed by atoms with Crippen LogP contribution in [0, 0.1) is 0 Å². The van der Waals surface area contributed by atoms with Gasteiger partial charge in [-0.15, -0.1) is 0 Å². The Kier molecular flexibility index (Phi) is 5.27. The number of hydrogen-bond acceptors (Lipinski definition) is 0. The van der Waals surface area contributed by atoms with E-state index in [0.29, 0.717) is 0 Å². The molecular weight excluding hydrogens is 267 g/mol. The van der Waals surface area contributed by atoms with Gasteiger partial charge in [-0.1, -0.05) is 36.4 Å². The summed E-state index contributed by atoms with van der Waals surface area (Å²) in [6.45, 7) is 0. The van der Waals surface area contributed by atoms with Crippen LogP contribution in [-0.2, 0) is 0 Å². The van der Waals surface area contributed by atoms with Gasteiger partial charge in [0.15, 0.2) is 0 Å². The smallest absolute Gasteiger partial charge is 0.0623 e. The molecule has 0 aliphatic rings. The molecular formula is C6H6F4Sn. The third kappa shape index (κ3) is 17.7. The Hall–Kier alpha value is -0.261. The average Bonchev–Trinajstić information content (AvgIpc) is 1.88. The van der Waals surface area contributed by atoms with Crippen molar-refractivity contribution in [3.05, 3.63) is 36.4 Å². The van der Waals surface area contributed by atoms with Crippen LogP contribution in [0.15, 0.2) is 36.4 Å². The number of benzene rings is 1. The van der Waals surface area contributed by atoms with Crippen LogP contribution >= 0.6 is 0 Å². The fourth-order valence-electron chi connectivity index (χ4n) is 0.385. The first kappa shape index (κ1) is 10.7. The molecule has 0 amide bonds. The maximum Gasteiger partial charge on any atom is -0.0623 e. The summed E-state index contributed by atoms with van der Waals surface area (Å²) in [4.78, 5) is 0. The molecule has 1 rings (SSSR count).